The van der Waals surface area contributed by atoms with E-state index in [1.54, 1.807) is 17.0 Å². The summed E-state index contributed by atoms with van der Waals surface area (Å²) in [5.41, 5.74) is 10.4. The summed E-state index contributed by atoms with van der Waals surface area (Å²) < 4.78 is 1.68. The Morgan fingerprint density at radius 2 is 2.13 bits per heavy atom. The topological polar surface area (TPSA) is 64.2 Å². The molecule has 3 aromatic rings. The maximum atomic E-state index is 13.0. The number of aromatic nitrogens is 2. The van der Waals surface area contributed by atoms with Gasteiger partial charge in [-0.15, -0.1) is 0 Å². The Hall–Kier alpha value is -2.66. The van der Waals surface area contributed by atoms with Gasteiger partial charge >= 0.3 is 0 Å². The normalized spacial score (nSPS) is 14.8. The van der Waals surface area contributed by atoms with Crippen LogP contribution in [0, 0.1) is 0 Å². The summed E-state index contributed by atoms with van der Waals surface area (Å²) >= 11 is 0. The highest BCUT2D eigenvalue weighted by Crippen LogP contribution is 2.24. The Morgan fingerprint density at radius 3 is 3.00 bits per heavy atom. The molecule has 2 aromatic heterocycles. The Kier molecular flexibility index (Phi) is 3.16. The summed E-state index contributed by atoms with van der Waals surface area (Å²) in [6.07, 6.45) is 6.24. The summed E-state index contributed by atoms with van der Waals surface area (Å²) in [5.74, 6) is -0.0290. The average Bonchev–Trinajstić information content (AvgIpc) is 2.96. The minimum Gasteiger partial charge on any atom is -0.399 e. The first-order valence-electron chi connectivity index (χ1n) is 7.69. The molecule has 0 bridgehead atoms. The van der Waals surface area contributed by atoms with Crippen molar-refractivity contribution < 1.29 is 4.79 Å². The summed E-state index contributed by atoms with van der Waals surface area (Å²) in [6.45, 7) is 1.80. The predicted molar refractivity (Wildman–Crippen MR) is 90.4 cm³/mol. The van der Waals surface area contributed by atoms with Gasteiger partial charge in [0.2, 0.25) is 0 Å². The maximum Gasteiger partial charge on any atom is 0.264 e. The zero-order chi connectivity index (χ0) is 16.0. The fourth-order valence-electron chi connectivity index (χ4n) is 3.29. The smallest absolute Gasteiger partial charge is 0.264 e. The van der Waals surface area contributed by atoms with E-state index in [9.17, 15) is 4.79 Å². The molecular weight excluding hydrogens is 288 g/mol. The number of fused-ring (bicyclic) bond motifs is 2. The number of rotatable bonds is 1. The molecule has 2 N–H and O–H groups in total. The molecular formula is C18H18N4O. The summed E-state index contributed by atoms with van der Waals surface area (Å²) in [6, 6.07) is 7.51. The number of nitrogen functional groups attached to an aromatic ring is 1. The van der Waals surface area contributed by atoms with Crippen molar-refractivity contribution in [2.45, 2.75) is 13.0 Å². The molecule has 0 atom stereocenters. The Labute approximate surface area is 134 Å². The Balaban J connectivity index is 1.81. The standard InChI is InChI=1S/C18H18N4O/c1-21-6-5-15-13(11-21)9-20-10-16(15)18(23)22-7-4-12-8-14(19)2-3-17(12)22/h2-4,7-10H,5-6,11,19H2,1H3. The predicted octanol–water partition coefficient (Wildman–Crippen LogP) is 2.29. The van der Waals surface area contributed by atoms with Crippen molar-refractivity contribution in [2.75, 3.05) is 19.3 Å². The second-order valence-electron chi connectivity index (χ2n) is 6.12. The molecule has 23 heavy (non-hydrogen) atoms. The van der Waals surface area contributed by atoms with E-state index in [2.05, 4.69) is 16.9 Å². The van der Waals surface area contributed by atoms with Crippen molar-refractivity contribution >= 4 is 22.5 Å². The van der Waals surface area contributed by atoms with Crippen LogP contribution in [0.25, 0.3) is 10.9 Å². The molecule has 0 fully saturated rings. The van der Waals surface area contributed by atoms with E-state index in [4.69, 9.17) is 5.73 Å². The number of carbonyl (C=O) groups excluding carboxylic acids is 1. The van der Waals surface area contributed by atoms with Crippen LogP contribution in [0.2, 0.25) is 0 Å². The van der Waals surface area contributed by atoms with Crippen molar-refractivity contribution in [3.63, 3.8) is 0 Å². The molecule has 1 aliphatic rings. The SMILES string of the molecule is CN1CCc2c(cncc2C(=O)n2ccc3cc(N)ccc32)C1. The molecule has 5 heteroatoms. The van der Waals surface area contributed by atoms with E-state index in [1.807, 2.05) is 30.5 Å². The van der Waals surface area contributed by atoms with Crippen molar-refractivity contribution in [3.05, 3.63) is 59.5 Å². The minimum absolute atomic E-state index is 0.0290. The van der Waals surface area contributed by atoms with E-state index in [0.717, 1.165) is 41.5 Å². The molecule has 0 saturated heterocycles. The molecule has 0 spiro atoms. The second-order valence-corrected chi connectivity index (χ2v) is 6.12. The highest BCUT2D eigenvalue weighted by molar-refractivity contribution is 6.03. The largest absolute Gasteiger partial charge is 0.399 e. The van der Waals surface area contributed by atoms with E-state index in [0.29, 0.717) is 11.3 Å². The monoisotopic (exact) mass is 306 g/mol. The van der Waals surface area contributed by atoms with Crippen LogP contribution in [-0.2, 0) is 13.0 Å². The molecule has 3 heterocycles. The van der Waals surface area contributed by atoms with Gasteiger partial charge in [-0.05, 0) is 48.9 Å². The number of pyridine rings is 1. The summed E-state index contributed by atoms with van der Waals surface area (Å²) in [7, 11) is 2.08. The van der Waals surface area contributed by atoms with Gasteiger partial charge in [-0.25, -0.2) is 0 Å². The molecule has 0 radical (unpaired) electrons. The maximum absolute atomic E-state index is 13.0. The molecule has 4 rings (SSSR count). The Morgan fingerprint density at radius 1 is 1.26 bits per heavy atom. The zero-order valence-electron chi connectivity index (χ0n) is 13.0. The highest BCUT2D eigenvalue weighted by atomic mass is 16.2. The van der Waals surface area contributed by atoms with Gasteiger partial charge in [0, 0.05) is 42.8 Å². The van der Waals surface area contributed by atoms with Gasteiger partial charge in [0.05, 0.1) is 11.1 Å². The summed E-state index contributed by atoms with van der Waals surface area (Å²) in [5, 5.41) is 0.968. The van der Waals surface area contributed by atoms with Gasteiger partial charge in [0.25, 0.3) is 5.91 Å². The molecule has 0 aliphatic carbocycles. The van der Waals surface area contributed by atoms with Crippen molar-refractivity contribution in [1.29, 1.82) is 0 Å². The third-order valence-corrected chi connectivity index (χ3v) is 4.49. The van der Waals surface area contributed by atoms with Crippen molar-refractivity contribution in [1.82, 2.24) is 14.5 Å². The van der Waals surface area contributed by atoms with Gasteiger partial charge in [-0.3, -0.25) is 14.3 Å². The fourth-order valence-corrected chi connectivity index (χ4v) is 3.29. The van der Waals surface area contributed by atoms with Gasteiger partial charge in [-0.2, -0.15) is 0 Å². The lowest BCUT2D eigenvalue weighted by Crippen LogP contribution is -2.29. The van der Waals surface area contributed by atoms with E-state index < -0.39 is 0 Å². The van der Waals surface area contributed by atoms with Crippen LogP contribution in [0.15, 0.2) is 42.9 Å². The van der Waals surface area contributed by atoms with E-state index in [1.165, 1.54) is 0 Å². The first-order valence-corrected chi connectivity index (χ1v) is 7.69. The zero-order valence-corrected chi connectivity index (χ0v) is 13.0. The van der Waals surface area contributed by atoms with Gasteiger partial charge in [0.1, 0.15) is 0 Å². The van der Waals surface area contributed by atoms with E-state index in [-0.39, 0.29) is 5.91 Å². The molecule has 5 nitrogen and oxygen atoms in total. The number of benzene rings is 1. The molecule has 0 saturated carbocycles. The highest BCUT2D eigenvalue weighted by Gasteiger charge is 2.22. The number of hydrogen-bond acceptors (Lipinski definition) is 4. The molecule has 116 valence electrons. The number of nitrogens with two attached hydrogens (primary N) is 1. The van der Waals surface area contributed by atoms with Crippen molar-refractivity contribution in [3.8, 4) is 0 Å². The van der Waals surface area contributed by atoms with Crippen LogP contribution < -0.4 is 5.73 Å². The molecule has 0 amide bonds. The van der Waals surface area contributed by atoms with Gasteiger partial charge < -0.3 is 10.6 Å². The molecule has 1 aliphatic heterocycles. The van der Waals surface area contributed by atoms with Gasteiger partial charge in [-0.1, -0.05) is 0 Å². The lowest BCUT2D eigenvalue weighted by Gasteiger charge is -2.26. The van der Waals surface area contributed by atoms with Crippen LogP contribution in [-0.4, -0.2) is 34.0 Å². The van der Waals surface area contributed by atoms with Crippen LogP contribution >= 0.6 is 0 Å². The number of carbonyl (C=O) groups is 1. The number of anilines is 1. The number of nitrogens with zero attached hydrogens (tertiary/aromatic N) is 3. The number of likely N-dealkylation sites (N-methyl/N-ethyl adjacent to an activating group) is 1. The van der Waals surface area contributed by atoms with Gasteiger partial charge in [0.15, 0.2) is 0 Å². The molecule has 1 aromatic carbocycles. The lowest BCUT2D eigenvalue weighted by atomic mass is 9.97. The first-order chi connectivity index (χ1) is 11.1. The third-order valence-electron chi connectivity index (χ3n) is 4.49. The van der Waals surface area contributed by atoms with Crippen molar-refractivity contribution in [2.24, 2.45) is 0 Å². The quantitative estimate of drug-likeness (QED) is 0.701. The van der Waals surface area contributed by atoms with E-state index >= 15 is 0 Å². The first kappa shape index (κ1) is 14.0. The van der Waals surface area contributed by atoms with Crippen LogP contribution in [0.3, 0.4) is 0 Å². The Bertz CT molecular complexity index is 913. The fraction of sp³-hybridized carbons (Fsp3) is 0.222. The molecule has 0 unspecified atom stereocenters. The lowest BCUT2D eigenvalue weighted by molar-refractivity contribution is 0.0963. The number of hydrogen-bond donors (Lipinski definition) is 1. The van der Waals surface area contributed by atoms with Crippen LogP contribution in [0.5, 0.6) is 0 Å². The van der Waals surface area contributed by atoms with Crippen LogP contribution in [0.4, 0.5) is 5.69 Å². The minimum atomic E-state index is -0.0290. The third kappa shape index (κ3) is 2.29. The summed E-state index contributed by atoms with van der Waals surface area (Å²) in [4.78, 5) is 19.6. The average molecular weight is 306 g/mol. The van der Waals surface area contributed by atoms with Crippen LogP contribution in [0.1, 0.15) is 21.5 Å². The second kappa shape index (κ2) is 5.21.